The van der Waals surface area contributed by atoms with E-state index in [2.05, 4.69) is 49.2 Å². The van der Waals surface area contributed by atoms with Crippen molar-refractivity contribution < 1.29 is 4.79 Å². The highest BCUT2D eigenvalue weighted by atomic mass is 32.1. The number of carbonyl (C=O) groups is 1. The molecule has 1 fully saturated rings. The lowest BCUT2D eigenvalue weighted by atomic mass is 9.91. The molecule has 130 valence electrons. The zero-order chi connectivity index (χ0) is 17.2. The number of benzene rings is 1. The Bertz CT molecular complexity index is 663. The van der Waals surface area contributed by atoms with Gasteiger partial charge in [-0.15, -0.1) is 0 Å². The molecular formula is C19H27N3OS. The maximum atomic E-state index is 12.0. The second kappa shape index (κ2) is 7.09. The Morgan fingerprint density at radius 2 is 2.00 bits per heavy atom. The summed E-state index contributed by atoms with van der Waals surface area (Å²) in [5.74, 6) is 0.760. The van der Waals surface area contributed by atoms with Gasteiger partial charge in [-0.25, -0.2) is 4.98 Å². The standard InChI is InChI=1S/C19H27N3OS/c1-19(2,3)12-17(23)20-13-14-8-10-22(11-9-14)18-21-15-6-4-5-7-16(15)24-18/h4-7,14H,8-13H2,1-3H3,(H,20,23). The molecule has 24 heavy (non-hydrogen) atoms. The third-order valence-electron chi connectivity index (χ3n) is 4.45. The van der Waals surface area contributed by atoms with Crippen LogP contribution in [-0.4, -0.2) is 30.5 Å². The van der Waals surface area contributed by atoms with Crippen molar-refractivity contribution in [1.29, 1.82) is 0 Å². The molecule has 0 spiro atoms. The van der Waals surface area contributed by atoms with Crippen LogP contribution in [0.5, 0.6) is 0 Å². The highest BCUT2D eigenvalue weighted by Crippen LogP contribution is 2.31. The van der Waals surface area contributed by atoms with E-state index in [0.717, 1.165) is 43.1 Å². The van der Waals surface area contributed by atoms with Gasteiger partial charge in [0.05, 0.1) is 10.2 Å². The van der Waals surface area contributed by atoms with E-state index in [4.69, 9.17) is 4.98 Å². The zero-order valence-electron chi connectivity index (χ0n) is 14.8. The molecule has 1 aliphatic rings. The number of rotatable bonds is 4. The van der Waals surface area contributed by atoms with Crippen LogP contribution in [0, 0.1) is 11.3 Å². The summed E-state index contributed by atoms with van der Waals surface area (Å²) in [4.78, 5) is 19.1. The van der Waals surface area contributed by atoms with Crippen molar-refractivity contribution in [2.75, 3.05) is 24.5 Å². The Hall–Kier alpha value is -1.62. The maximum Gasteiger partial charge on any atom is 0.220 e. The van der Waals surface area contributed by atoms with Gasteiger partial charge >= 0.3 is 0 Å². The summed E-state index contributed by atoms with van der Waals surface area (Å²) in [6.45, 7) is 9.16. The number of aromatic nitrogens is 1. The van der Waals surface area contributed by atoms with Gasteiger partial charge in [-0.2, -0.15) is 0 Å². The number of thiazole rings is 1. The van der Waals surface area contributed by atoms with Crippen molar-refractivity contribution in [2.45, 2.75) is 40.0 Å². The van der Waals surface area contributed by atoms with Crippen molar-refractivity contribution >= 4 is 32.6 Å². The van der Waals surface area contributed by atoms with Crippen molar-refractivity contribution in [2.24, 2.45) is 11.3 Å². The minimum atomic E-state index is 0.0558. The Labute approximate surface area is 148 Å². The average molecular weight is 346 g/mol. The van der Waals surface area contributed by atoms with Crippen LogP contribution in [0.2, 0.25) is 0 Å². The van der Waals surface area contributed by atoms with E-state index in [9.17, 15) is 4.79 Å². The van der Waals surface area contributed by atoms with Crippen LogP contribution < -0.4 is 10.2 Å². The van der Waals surface area contributed by atoms with Crippen LogP contribution >= 0.6 is 11.3 Å². The minimum Gasteiger partial charge on any atom is -0.356 e. The van der Waals surface area contributed by atoms with Crippen LogP contribution in [0.4, 0.5) is 5.13 Å². The van der Waals surface area contributed by atoms with E-state index in [0.29, 0.717) is 12.3 Å². The number of amides is 1. The second-order valence-electron chi connectivity index (χ2n) is 7.94. The van der Waals surface area contributed by atoms with Gasteiger partial charge < -0.3 is 10.2 Å². The van der Waals surface area contributed by atoms with Gasteiger partial charge in [0.1, 0.15) is 0 Å². The molecule has 2 aromatic rings. The van der Waals surface area contributed by atoms with Gasteiger partial charge in [-0.1, -0.05) is 44.2 Å². The number of anilines is 1. The van der Waals surface area contributed by atoms with Crippen LogP contribution in [0.3, 0.4) is 0 Å². The van der Waals surface area contributed by atoms with E-state index in [1.54, 1.807) is 11.3 Å². The third-order valence-corrected chi connectivity index (χ3v) is 5.54. The molecule has 1 N–H and O–H groups in total. The fraction of sp³-hybridized carbons (Fsp3) is 0.579. The number of fused-ring (bicyclic) bond motifs is 1. The smallest absolute Gasteiger partial charge is 0.220 e. The van der Waals surface area contributed by atoms with Crippen molar-refractivity contribution in [3.05, 3.63) is 24.3 Å². The number of nitrogens with zero attached hydrogens (tertiary/aromatic N) is 2. The van der Waals surface area contributed by atoms with Crippen LogP contribution in [0.1, 0.15) is 40.0 Å². The van der Waals surface area contributed by atoms with E-state index in [1.165, 1.54) is 4.70 Å². The highest BCUT2D eigenvalue weighted by molar-refractivity contribution is 7.22. The zero-order valence-corrected chi connectivity index (χ0v) is 15.7. The third kappa shape index (κ3) is 4.47. The normalized spacial score (nSPS) is 16.5. The molecule has 1 aromatic heterocycles. The maximum absolute atomic E-state index is 12.0. The number of nitrogens with one attached hydrogen (secondary N) is 1. The summed E-state index contributed by atoms with van der Waals surface area (Å²) in [6, 6.07) is 8.32. The molecule has 2 heterocycles. The van der Waals surface area contributed by atoms with E-state index < -0.39 is 0 Å². The van der Waals surface area contributed by atoms with Crippen molar-refractivity contribution in [3.8, 4) is 0 Å². The summed E-state index contributed by atoms with van der Waals surface area (Å²) in [5.41, 5.74) is 1.15. The molecule has 0 bridgehead atoms. The molecule has 1 aliphatic heterocycles. The molecule has 1 saturated heterocycles. The molecule has 1 aromatic carbocycles. The minimum absolute atomic E-state index is 0.0558. The topological polar surface area (TPSA) is 45.2 Å². The number of piperidine rings is 1. The highest BCUT2D eigenvalue weighted by Gasteiger charge is 2.23. The van der Waals surface area contributed by atoms with E-state index >= 15 is 0 Å². The Balaban J connectivity index is 1.48. The second-order valence-corrected chi connectivity index (χ2v) is 8.95. The quantitative estimate of drug-likeness (QED) is 0.909. The number of hydrogen-bond acceptors (Lipinski definition) is 4. The molecule has 5 heteroatoms. The first-order chi connectivity index (χ1) is 11.4. The predicted molar refractivity (Wildman–Crippen MR) is 102 cm³/mol. The SMILES string of the molecule is CC(C)(C)CC(=O)NCC1CCN(c2nc3ccccc3s2)CC1. The van der Waals surface area contributed by atoms with Gasteiger partial charge in [-0.3, -0.25) is 4.79 Å². The lowest BCUT2D eigenvalue weighted by Gasteiger charge is -2.32. The Morgan fingerprint density at radius 1 is 1.29 bits per heavy atom. The molecule has 3 rings (SSSR count). The van der Waals surface area contributed by atoms with Gasteiger partial charge in [0.25, 0.3) is 0 Å². The molecule has 0 aliphatic carbocycles. The average Bonchev–Trinajstić information content (AvgIpc) is 2.96. The molecule has 0 atom stereocenters. The van der Waals surface area contributed by atoms with Gasteiger partial charge in [0.2, 0.25) is 5.91 Å². The van der Waals surface area contributed by atoms with E-state index in [-0.39, 0.29) is 11.3 Å². The number of hydrogen-bond donors (Lipinski definition) is 1. The first-order valence-electron chi connectivity index (χ1n) is 8.78. The molecular weight excluding hydrogens is 318 g/mol. The number of para-hydroxylation sites is 1. The summed E-state index contributed by atoms with van der Waals surface area (Å²) in [5, 5.41) is 4.25. The van der Waals surface area contributed by atoms with Gasteiger partial charge in [-0.05, 0) is 36.3 Å². The lowest BCUT2D eigenvalue weighted by Crippen LogP contribution is -2.39. The Kier molecular flexibility index (Phi) is 5.09. The van der Waals surface area contributed by atoms with Crippen LogP contribution in [0.25, 0.3) is 10.2 Å². The first-order valence-corrected chi connectivity index (χ1v) is 9.59. The molecule has 4 nitrogen and oxygen atoms in total. The summed E-state index contributed by atoms with van der Waals surface area (Å²) >= 11 is 1.77. The molecule has 1 amide bonds. The summed E-state index contributed by atoms with van der Waals surface area (Å²) in [7, 11) is 0. The Morgan fingerprint density at radius 3 is 2.67 bits per heavy atom. The molecule has 0 saturated carbocycles. The lowest BCUT2D eigenvalue weighted by molar-refractivity contribution is -0.123. The molecule has 0 radical (unpaired) electrons. The number of carbonyl (C=O) groups excluding carboxylic acids is 1. The van der Waals surface area contributed by atoms with Crippen LogP contribution in [-0.2, 0) is 4.79 Å². The fourth-order valence-electron chi connectivity index (χ4n) is 3.13. The fourth-order valence-corrected chi connectivity index (χ4v) is 4.14. The molecule has 0 unspecified atom stereocenters. The largest absolute Gasteiger partial charge is 0.356 e. The first kappa shape index (κ1) is 17.2. The predicted octanol–water partition coefficient (Wildman–Crippen LogP) is 4.07. The van der Waals surface area contributed by atoms with Crippen molar-refractivity contribution in [1.82, 2.24) is 10.3 Å². The van der Waals surface area contributed by atoms with Crippen LogP contribution in [0.15, 0.2) is 24.3 Å². The monoisotopic (exact) mass is 345 g/mol. The van der Waals surface area contributed by atoms with Gasteiger partial charge in [0, 0.05) is 26.1 Å². The van der Waals surface area contributed by atoms with Crippen molar-refractivity contribution in [3.63, 3.8) is 0 Å². The van der Waals surface area contributed by atoms with E-state index in [1.807, 2.05) is 6.07 Å². The summed E-state index contributed by atoms with van der Waals surface area (Å²) in [6.07, 6.45) is 2.83. The summed E-state index contributed by atoms with van der Waals surface area (Å²) < 4.78 is 1.25. The van der Waals surface area contributed by atoms with Gasteiger partial charge in [0.15, 0.2) is 5.13 Å².